The van der Waals surface area contributed by atoms with Crippen molar-refractivity contribution in [1.29, 1.82) is 0 Å². The number of likely N-dealkylation sites (N-methyl/N-ethyl adjacent to an activating group) is 1. The molecule has 10 heteroatoms. The fourth-order valence-electron chi connectivity index (χ4n) is 4.95. The Bertz CT molecular complexity index is 1210. The molecule has 3 atom stereocenters. The van der Waals surface area contributed by atoms with Crippen LogP contribution in [0.15, 0.2) is 60.9 Å². The highest BCUT2D eigenvalue weighted by Gasteiger charge is 2.37. The second-order valence-corrected chi connectivity index (χ2v) is 10.1. The molecule has 2 N–H and O–H groups in total. The fraction of sp³-hybridized carbons (Fsp3) is 0.467. The van der Waals surface area contributed by atoms with Gasteiger partial charge in [0.25, 0.3) is 5.91 Å². The fourth-order valence-corrected chi connectivity index (χ4v) is 4.95. The van der Waals surface area contributed by atoms with Gasteiger partial charge < -0.3 is 20.4 Å². The van der Waals surface area contributed by atoms with E-state index in [0.717, 1.165) is 43.7 Å². The molecule has 1 aliphatic carbocycles. The molecule has 214 valence electrons. The molecule has 1 aliphatic heterocycles. The van der Waals surface area contributed by atoms with Gasteiger partial charge >= 0.3 is 0 Å². The van der Waals surface area contributed by atoms with E-state index >= 15 is 0 Å². The maximum absolute atomic E-state index is 13.4. The number of nitrogens with one attached hydrogen (secondary N) is 2. The van der Waals surface area contributed by atoms with E-state index < -0.39 is 6.04 Å². The van der Waals surface area contributed by atoms with E-state index in [4.69, 9.17) is 0 Å². The molecule has 5 rings (SSSR count). The standard InChI is InChI=1S/C28H34FN7O2.C2H6/c1-34-15-17-35(18-16-34)28(38)25(3-2-12-30-26-19-24(26)20-4-8-22(29)9-5-20)32-27(37)21-6-10-23(11-7-21)36-14-13-31-33-36;1-2/h4-11,13-14,24-26,30H,2-3,12,15-19H2,1H3,(H,32,37);1-2H3/t24-,25-,26+;/m0./s1. The van der Waals surface area contributed by atoms with Crippen molar-refractivity contribution in [3.8, 4) is 5.69 Å². The third kappa shape index (κ3) is 7.73. The van der Waals surface area contributed by atoms with Crippen molar-refractivity contribution in [3.05, 3.63) is 77.9 Å². The third-order valence-corrected chi connectivity index (χ3v) is 7.40. The van der Waals surface area contributed by atoms with E-state index in [1.54, 1.807) is 41.3 Å². The van der Waals surface area contributed by atoms with E-state index in [9.17, 15) is 14.0 Å². The molecule has 3 aromatic rings. The second kappa shape index (κ2) is 14.1. The van der Waals surface area contributed by atoms with Crippen LogP contribution in [-0.2, 0) is 4.79 Å². The van der Waals surface area contributed by atoms with E-state index in [-0.39, 0.29) is 17.6 Å². The lowest BCUT2D eigenvalue weighted by atomic mass is 10.1. The van der Waals surface area contributed by atoms with E-state index in [1.807, 2.05) is 37.9 Å². The Kier molecular flexibility index (Phi) is 10.4. The van der Waals surface area contributed by atoms with Crippen LogP contribution in [0.1, 0.15) is 54.9 Å². The first-order valence-electron chi connectivity index (χ1n) is 14.2. The van der Waals surface area contributed by atoms with Gasteiger partial charge in [0.2, 0.25) is 5.91 Å². The largest absolute Gasteiger partial charge is 0.340 e. The predicted molar refractivity (Wildman–Crippen MR) is 153 cm³/mol. The molecule has 2 aromatic carbocycles. The number of carbonyl (C=O) groups is 2. The summed E-state index contributed by atoms with van der Waals surface area (Å²) in [6, 6.07) is 13.5. The van der Waals surface area contributed by atoms with E-state index in [1.165, 1.54) is 12.1 Å². The normalized spacial score (nSPS) is 19.4. The number of aromatic nitrogens is 3. The monoisotopic (exact) mass is 549 g/mol. The molecule has 0 radical (unpaired) electrons. The summed E-state index contributed by atoms with van der Waals surface area (Å²) in [6.07, 6.45) is 5.65. The number of hydrogen-bond acceptors (Lipinski definition) is 6. The summed E-state index contributed by atoms with van der Waals surface area (Å²) in [5.41, 5.74) is 2.44. The van der Waals surface area contributed by atoms with Crippen LogP contribution in [0.3, 0.4) is 0 Å². The average molecular weight is 550 g/mol. The molecule has 0 unspecified atom stereocenters. The highest BCUT2D eigenvalue weighted by atomic mass is 19.1. The molecule has 0 bridgehead atoms. The van der Waals surface area contributed by atoms with Gasteiger partial charge in [0.15, 0.2) is 0 Å². The molecule has 2 heterocycles. The van der Waals surface area contributed by atoms with Crippen molar-refractivity contribution in [2.24, 2.45) is 0 Å². The average Bonchev–Trinajstić information content (AvgIpc) is 3.54. The highest BCUT2D eigenvalue weighted by Crippen LogP contribution is 2.40. The summed E-state index contributed by atoms with van der Waals surface area (Å²) in [6.45, 7) is 7.72. The first-order chi connectivity index (χ1) is 19.5. The van der Waals surface area contributed by atoms with Crippen molar-refractivity contribution in [3.63, 3.8) is 0 Å². The van der Waals surface area contributed by atoms with Crippen LogP contribution in [0, 0.1) is 5.82 Å². The molecule has 0 spiro atoms. The van der Waals surface area contributed by atoms with Gasteiger partial charge in [0, 0.05) is 43.7 Å². The number of carbonyl (C=O) groups excluding carboxylic acids is 2. The Morgan fingerprint density at radius 2 is 1.73 bits per heavy atom. The quantitative estimate of drug-likeness (QED) is 0.377. The first kappa shape index (κ1) is 29.4. The Hall–Kier alpha value is -3.63. The molecule has 9 nitrogen and oxygen atoms in total. The van der Waals surface area contributed by atoms with Gasteiger partial charge in [-0.3, -0.25) is 9.59 Å². The predicted octanol–water partition coefficient (Wildman–Crippen LogP) is 3.23. The summed E-state index contributed by atoms with van der Waals surface area (Å²) in [5, 5.41) is 14.3. The van der Waals surface area contributed by atoms with Crippen molar-refractivity contribution >= 4 is 11.8 Å². The molecule has 40 heavy (non-hydrogen) atoms. The Morgan fingerprint density at radius 3 is 2.38 bits per heavy atom. The van der Waals surface area contributed by atoms with Crippen molar-refractivity contribution in [1.82, 2.24) is 35.4 Å². The van der Waals surface area contributed by atoms with E-state index in [0.29, 0.717) is 37.0 Å². The van der Waals surface area contributed by atoms with Crippen LogP contribution in [-0.4, -0.2) is 88.5 Å². The number of amides is 2. The van der Waals surface area contributed by atoms with Gasteiger partial charge in [-0.15, -0.1) is 5.10 Å². The molecular formula is C30H40FN7O2. The molecular weight excluding hydrogens is 509 g/mol. The van der Waals surface area contributed by atoms with Crippen LogP contribution in [0.2, 0.25) is 0 Å². The zero-order valence-electron chi connectivity index (χ0n) is 23.6. The minimum Gasteiger partial charge on any atom is -0.340 e. The third-order valence-electron chi connectivity index (χ3n) is 7.40. The van der Waals surface area contributed by atoms with Crippen LogP contribution < -0.4 is 10.6 Å². The summed E-state index contributed by atoms with van der Waals surface area (Å²) in [5.74, 6) is -0.114. The van der Waals surface area contributed by atoms with Crippen LogP contribution in [0.5, 0.6) is 0 Å². The molecule has 1 aromatic heterocycles. The van der Waals surface area contributed by atoms with Gasteiger partial charge in [0.05, 0.1) is 18.1 Å². The lowest BCUT2D eigenvalue weighted by Crippen LogP contribution is -2.54. The number of rotatable bonds is 10. The van der Waals surface area contributed by atoms with Gasteiger partial charge in [0.1, 0.15) is 11.9 Å². The zero-order chi connectivity index (χ0) is 28.5. The number of nitrogens with zero attached hydrogens (tertiary/aromatic N) is 5. The van der Waals surface area contributed by atoms with Crippen molar-refractivity contribution in [2.75, 3.05) is 39.8 Å². The molecule has 2 fully saturated rings. The van der Waals surface area contributed by atoms with Gasteiger partial charge in [-0.2, -0.15) is 0 Å². The lowest BCUT2D eigenvalue weighted by Gasteiger charge is -2.34. The number of benzene rings is 2. The topological polar surface area (TPSA) is 95.4 Å². The van der Waals surface area contributed by atoms with E-state index in [2.05, 4.69) is 25.8 Å². The number of halogens is 1. The summed E-state index contributed by atoms with van der Waals surface area (Å²) in [7, 11) is 2.05. The van der Waals surface area contributed by atoms with Crippen LogP contribution in [0.4, 0.5) is 4.39 Å². The maximum atomic E-state index is 13.4. The van der Waals surface area contributed by atoms with Crippen molar-refractivity contribution < 1.29 is 14.0 Å². The maximum Gasteiger partial charge on any atom is 0.251 e. The highest BCUT2D eigenvalue weighted by molar-refractivity contribution is 5.97. The molecule has 2 aliphatic rings. The number of hydrogen-bond donors (Lipinski definition) is 2. The number of piperazine rings is 1. The molecule has 1 saturated heterocycles. The SMILES string of the molecule is CC.CN1CCN(C(=O)[C@H](CCCN[C@@H]2C[C@H]2c2ccc(F)cc2)NC(=O)c2ccc(-n3ccnn3)cc2)CC1. The van der Waals surface area contributed by atoms with Gasteiger partial charge in [-0.25, -0.2) is 9.07 Å². The lowest BCUT2D eigenvalue weighted by molar-refractivity contribution is -0.135. The van der Waals surface area contributed by atoms with Crippen LogP contribution in [0.25, 0.3) is 5.69 Å². The Labute approximate surface area is 235 Å². The molecule has 1 saturated carbocycles. The minimum atomic E-state index is -0.588. The summed E-state index contributed by atoms with van der Waals surface area (Å²) >= 11 is 0. The summed E-state index contributed by atoms with van der Waals surface area (Å²) < 4.78 is 14.8. The van der Waals surface area contributed by atoms with Crippen LogP contribution >= 0.6 is 0 Å². The van der Waals surface area contributed by atoms with Gasteiger partial charge in [-0.05, 0) is 74.8 Å². The molecule has 2 amide bonds. The second-order valence-electron chi connectivity index (χ2n) is 10.1. The minimum absolute atomic E-state index is 0.0266. The summed E-state index contributed by atoms with van der Waals surface area (Å²) in [4.78, 5) is 30.6. The van der Waals surface area contributed by atoms with Crippen molar-refractivity contribution in [2.45, 2.75) is 51.1 Å². The zero-order valence-corrected chi connectivity index (χ0v) is 23.6. The Balaban J connectivity index is 0.00000181. The van der Waals surface area contributed by atoms with Gasteiger partial charge in [-0.1, -0.05) is 31.2 Å². The smallest absolute Gasteiger partial charge is 0.251 e. The Morgan fingerprint density at radius 1 is 1.02 bits per heavy atom. The first-order valence-corrected chi connectivity index (χ1v) is 14.2.